The van der Waals surface area contributed by atoms with Crippen LogP contribution in [-0.4, -0.2) is 26.3 Å². The lowest BCUT2D eigenvalue weighted by atomic mass is 9.91. The maximum absolute atomic E-state index is 13.6. The number of halogens is 3. The zero-order valence-corrected chi connectivity index (χ0v) is 14.9. The summed E-state index contributed by atoms with van der Waals surface area (Å²) in [4.78, 5) is 36.6. The van der Waals surface area contributed by atoms with E-state index in [2.05, 4.69) is 5.32 Å². The van der Waals surface area contributed by atoms with Gasteiger partial charge in [-0.25, -0.2) is 9.48 Å². The molecule has 0 aliphatic carbocycles. The smallest absolute Gasteiger partial charge is 0.416 e. The second-order valence-electron chi connectivity index (χ2n) is 6.23. The number of benzene rings is 1. The normalized spacial score (nSPS) is 16.5. The second-order valence-corrected chi connectivity index (χ2v) is 6.23. The van der Waals surface area contributed by atoms with Crippen LogP contribution in [0.3, 0.4) is 0 Å². The number of anilines is 1. The van der Waals surface area contributed by atoms with E-state index in [4.69, 9.17) is 0 Å². The van der Waals surface area contributed by atoms with E-state index >= 15 is 0 Å². The zero-order valence-electron chi connectivity index (χ0n) is 14.9. The van der Waals surface area contributed by atoms with E-state index in [0.717, 1.165) is 22.9 Å². The highest BCUT2D eigenvalue weighted by atomic mass is 19.4. The van der Waals surface area contributed by atoms with E-state index in [1.54, 1.807) is 0 Å². The molecule has 148 valence electrons. The first-order valence-electron chi connectivity index (χ1n) is 8.32. The zero-order chi connectivity index (χ0) is 20.8. The number of carboxylic acid groups (broad SMARTS) is 1. The fraction of sp³-hybridized carbons (Fsp3) is 0.278. The third kappa shape index (κ3) is 3.00. The van der Waals surface area contributed by atoms with Crippen LogP contribution < -0.4 is 10.9 Å². The molecule has 1 aliphatic heterocycles. The van der Waals surface area contributed by atoms with Gasteiger partial charge in [-0.2, -0.15) is 17.9 Å². The molecule has 0 spiro atoms. The largest absolute Gasteiger partial charge is 0.478 e. The van der Waals surface area contributed by atoms with Crippen LogP contribution in [0.4, 0.5) is 19.0 Å². The third-order valence-electron chi connectivity index (χ3n) is 4.50. The molecule has 2 N–H and O–H groups in total. The lowest BCUT2D eigenvalue weighted by Crippen LogP contribution is -2.37. The first-order chi connectivity index (χ1) is 13.1. The Hall–Kier alpha value is -3.30. The van der Waals surface area contributed by atoms with Crippen molar-refractivity contribution in [1.29, 1.82) is 0 Å². The molecule has 0 amide bonds. The van der Waals surface area contributed by atoms with Crippen LogP contribution >= 0.6 is 0 Å². The number of carbonyl (C=O) groups is 2. The molecule has 3 rings (SSSR count). The number of carbonyl (C=O) groups excluding carboxylic acids is 1. The number of hydrogen-bond donors (Lipinski definition) is 2. The SMILES string of the molecule is CCC(=O)n1c(=O)cc2n1C(c1ccccc1C(F)(F)F)C(C(=O)O)=C(C)N2. The van der Waals surface area contributed by atoms with Gasteiger partial charge in [-0.05, 0) is 18.6 Å². The first-order valence-corrected chi connectivity index (χ1v) is 8.32. The van der Waals surface area contributed by atoms with E-state index < -0.39 is 40.8 Å². The highest BCUT2D eigenvalue weighted by molar-refractivity contribution is 5.91. The number of aromatic nitrogens is 2. The summed E-state index contributed by atoms with van der Waals surface area (Å²) in [5.74, 6) is -2.10. The standard InChI is InChI=1S/C18H16F3N3O4/c1-3-13(25)24-14(26)8-12-22-9(2)15(17(27)28)16(23(12)24)10-6-4-5-7-11(10)18(19,20)21/h4-8,16,22H,3H2,1-2H3,(H,27,28). The molecule has 7 nitrogen and oxygen atoms in total. The lowest BCUT2D eigenvalue weighted by Gasteiger charge is -2.32. The molecule has 1 aromatic heterocycles. The summed E-state index contributed by atoms with van der Waals surface area (Å²) in [6.45, 7) is 2.88. The Morgan fingerprint density at radius 3 is 2.46 bits per heavy atom. The van der Waals surface area contributed by atoms with Crippen molar-refractivity contribution in [3.8, 4) is 0 Å². The van der Waals surface area contributed by atoms with E-state index in [9.17, 15) is 32.7 Å². The van der Waals surface area contributed by atoms with Gasteiger partial charge in [0.1, 0.15) is 11.9 Å². The predicted octanol–water partition coefficient (Wildman–Crippen LogP) is 3.09. The fourth-order valence-electron chi connectivity index (χ4n) is 3.34. The molecule has 0 radical (unpaired) electrons. The number of nitrogens with zero attached hydrogens (tertiary/aromatic N) is 2. The summed E-state index contributed by atoms with van der Waals surface area (Å²) < 4.78 is 42.5. The van der Waals surface area contributed by atoms with E-state index in [1.165, 1.54) is 26.0 Å². The molecule has 1 atom stereocenters. The van der Waals surface area contributed by atoms with Gasteiger partial charge >= 0.3 is 12.1 Å². The Morgan fingerprint density at radius 1 is 1.25 bits per heavy atom. The quantitative estimate of drug-likeness (QED) is 0.833. The summed E-state index contributed by atoms with van der Waals surface area (Å²) in [6, 6.07) is 4.03. The van der Waals surface area contributed by atoms with Crippen LogP contribution in [0.15, 0.2) is 46.4 Å². The van der Waals surface area contributed by atoms with E-state index in [-0.39, 0.29) is 23.5 Å². The van der Waals surface area contributed by atoms with Gasteiger partial charge in [0.15, 0.2) is 0 Å². The number of nitrogens with one attached hydrogen (secondary N) is 1. The average molecular weight is 395 g/mol. The summed E-state index contributed by atoms with van der Waals surface area (Å²) in [6.07, 6.45) is -4.85. The molecule has 1 unspecified atom stereocenters. The van der Waals surface area contributed by atoms with Crippen LogP contribution in [0.25, 0.3) is 0 Å². The molecule has 1 aromatic carbocycles. The Kier molecular flexibility index (Phi) is 4.66. The molecule has 0 saturated heterocycles. The third-order valence-corrected chi connectivity index (χ3v) is 4.50. The van der Waals surface area contributed by atoms with Crippen molar-refractivity contribution in [2.24, 2.45) is 0 Å². The Labute approximate surface area is 156 Å². The molecule has 0 bridgehead atoms. The minimum absolute atomic E-state index is 0.0382. The van der Waals surface area contributed by atoms with Crippen molar-refractivity contribution in [3.63, 3.8) is 0 Å². The maximum atomic E-state index is 13.6. The van der Waals surface area contributed by atoms with Crippen LogP contribution in [0.2, 0.25) is 0 Å². The second kappa shape index (κ2) is 6.70. The molecular formula is C18H16F3N3O4. The number of aliphatic carboxylic acids is 1. The van der Waals surface area contributed by atoms with Gasteiger partial charge in [-0.1, -0.05) is 25.1 Å². The predicted molar refractivity (Wildman–Crippen MR) is 93.2 cm³/mol. The van der Waals surface area contributed by atoms with Gasteiger partial charge in [0.2, 0.25) is 5.91 Å². The molecule has 2 aromatic rings. The number of carboxylic acids is 1. The molecular weight excluding hydrogens is 379 g/mol. The number of allylic oxidation sites excluding steroid dienone is 1. The summed E-state index contributed by atoms with van der Waals surface area (Å²) in [5, 5.41) is 12.4. The Balaban J connectivity index is 2.42. The minimum Gasteiger partial charge on any atom is -0.478 e. The van der Waals surface area contributed by atoms with Gasteiger partial charge in [0.25, 0.3) is 5.56 Å². The van der Waals surface area contributed by atoms with Crippen LogP contribution in [-0.2, 0) is 11.0 Å². The summed E-state index contributed by atoms with van der Waals surface area (Å²) in [5.41, 5.74) is -2.49. The van der Waals surface area contributed by atoms with Gasteiger partial charge in [-0.3, -0.25) is 9.59 Å². The van der Waals surface area contributed by atoms with Crippen molar-refractivity contribution < 1.29 is 27.9 Å². The summed E-state index contributed by atoms with van der Waals surface area (Å²) in [7, 11) is 0. The van der Waals surface area contributed by atoms with Gasteiger partial charge < -0.3 is 10.4 Å². The van der Waals surface area contributed by atoms with E-state index in [0.29, 0.717) is 4.68 Å². The van der Waals surface area contributed by atoms with Gasteiger partial charge in [0, 0.05) is 18.2 Å². The van der Waals surface area contributed by atoms with E-state index in [1.807, 2.05) is 0 Å². The van der Waals surface area contributed by atoms with Crippen molar-refractivity contribution >= 4 is 17.7 Å². The number of rotatable bonds is 3. The molecule has 0 saturated carbocycles. The van der Waals surface area contributed by atoms with Crippen LogP contribution in [0, 0.1) is 0 Å². The van der Waals surface area contributed by atoms with Crippen LogP contribution in [0.1, 0.15) is 42.2 Å². The Morgan fingerprint density at radius 2 is 1.89 bits per heavy atom. The number of hydrogen-bond acceptors (Lipinski definition) is 4. The maximum Gasteiger partial charge on any atom is 0.416 e. The molecule has 10 heteroatoms. The highest BCUT2D eigenvalue weighted by Gasteiger charge is 2.41. The average Bonchev–Trinajstić information content (AvgIpc) is 2.94. The van der Waals surface area contributed by atoms with Crippen molar-refractivity contribution in [1.82, 2.24) is 9.36 Å². The molecule has 1 aliphatic rings. The minimum atomic E-state index is -4.76. The number of fused-ring (bicyclic) bond motifs is 1. The lowest BCUT2D eigenvalue weighted by molar-refractivity contribution is -0.139. The van der Waals surface area contributed by atoms with Gasteiger partial charge in [0.05, 0.1) is 11.1 Å². The van der Waals surface area contributed by atoms with Crippen LogP contribution in [0.5, 0.6) is 0 Å². The first kappa shape index (κ1) is 19.5. The molecule has 28 heavy (non-hydrogen) atoms. The van der Waals surface area contributed by atoms with Gasteiger partial charge in [-0.15, -0.1) is 0 Å². The molecule has 0 fully saturated rings. The fourth-order valence-corrected chi connectivity index (χ4v) is 3.34. The number of alkyl halides is 3. The van der Waals surface area contributed by atoms with Crippen molar-refractivity contribution in [3.05, 3.63) is 63.1 Å². The monoisotopic (exact) mass is 395 g/mol. The highest BCUT2D eigenvalue weighted by Crippen LogP contribution is 2.41. The van der Waals surface area contributed by atoms with Crippen molar-refractivity contribution in [2.45, 2.75) is 32.5 Å². The topological polar surface area (TPSA) is 93.3 Å². The Bertz CT molecular complexity index is 1060. The summed E-state index contributed by atoms with van der Waals surface area (Å²) >= 11 is 0. The van der Waals surface area contributed by atoms with Crippen molar-refractivity contribution in [2.75, 3.05) is 5.32 Å². The molecule has 2 heterocycles.